The first kappa shape index (κ1) is 11.8. The number of rotatable bonds is 3. The summed E-state index contributed by atoms with van der Waals surface area (Å²) in [5.74, 6) is -0.607. The normalized spacial score (nSPS) is 19.9. The summed E-state index contributed by atoms with van der Waals surface area (Å²) in [6, 6.07) is 3.75. The molecule has 0 amide bonds. The molecule has 5 nitrogen and oxygen atoms in total. The summed E-state index contributed by atoms with van der Waals surface area (Å²) in [5, 5.41) is 13.6. The summed E-state index contributed by atoms with van der Waals surface area (Å²) in [5.41, 5.74) is -0.288. The van der Waals surface area contributed by atoms with Gasteiger partial charge in [0, 0.05) is 18.7 Å². The third-order valence-corrected chi connectivity index (χ3v) is 2.70. The lowest BCUT2D eigenvalue weighted by Gasteiger charge is -2.24. The van der Waals surface area contributed by atoms with Gasteiger partial charge >= 0.3 is 0 Å². The van der Waals surface area contributed by atoms with E-state index in [1.165, 1.54) is 18.2 Å². The molecule has 1 aliphatic heterocycles. The van der Waals surface area contributed by atoms with E-state index in [0.29, 0.717) is 13.2 Å². The Balaban J connectivity index is 2.21. The molecule has 0 bridgehead atoms. The molecule has 0 spiro atoms. The summed E-state index contributed by atoms with van der Waals surface area (Å²) in [4.78, 5) is 10.2. The predicted molar refractivity (Wildman–Crippen MR) is 60.5 cm³/mol. The van der Waals surface area contributed by atoms with Crippen molar-refractivity contribution >= 4 is 11.4 Å². The van der Waals surface area contributed by atoms with Crippen molar-refractivity contribution in [3.63, 3.8) is 0 Å². The summed E-state index contributed by atoms with van der Waals surface area (Å²) < 4.78 is 18.8. The van der Waals surface area contributed by atoms with Gasteiger partial charge in [0.1, 0.15) is 5.69 Å². The lowest BCUT2D eigenvalue weighted by atomic mass is 10.1. The Bertz CT molecular complexity index is 419. The quantitative estimate of drug-likeness (QED) is 0.650. The van der Waals surface area contributed by atoms with Crippen LogP contribution < -0.4 is 5.32 Å². The maximum Gasteiger partial charge on any atom is 0.295 e. The van der Waals surface area contributed by atoms with Crippen molar-refractivity contribution < 1.29 is 14.1 Å². The van der Waals surface area contributed by atoms with Crippen LogP contribution in [0.15, 0.2) is 18.2 Å². The SMILES string of the molecule is O=[N+]([O-])c1cccc(F)c1NC1CCCOC1. The fourth-order valence-electron chi connectivity index (χ4n) is 1.87. The van der Waals surface area contributed by atoms with E-state index in [-0.39, 0.29) is 17.4 Å². The van der Waals surface area contributed by atoms with Crippen LogP contribution in [0, 0.1) is 15.9 Å². The third kappa shape index (κ3) is 2.71. The van der Waals surface area contributed by atoms with Gasteiger partial charge in [0.25, 0.3) is 5.69 Å². The predicted octanol–water partition coefficient (Wildman–Crippen LogP) is 2.32. The molecule has 17 heavy (non-hydrogen) atoms. The monoisotopic (exact) mass is 240 g/mol. The Morgan fingerprint density at radius 3 is 3.00 bits per heavy atom. The van der Waals surface area contributed by atoms with E-state index in [0.717, 1.165) is 12.8 Å². The molecule has 1 atom stereocenters. The Hall–Kier alpha value is -1.69. The fraction of sp³-hybridized carbons (Fsp3) is 0.455. The molecule has 6 heteroatoms. The summed E-state index contributed by atoms with van der Waals surface area (Å²) in [6.45, 7) is 1.14. The molecule has 92 valence electrons. The average Bonchev–Trinajstić information content (AvgIpc) is 2.33. The van der Waals surface area contributed by atoms with Crippen molar-refractivity contribution in [1.29, 1.82) is 0 Å². The smallest absolute Gasteiger partial charge is 0.295 e. The van der Waals surface area contributed by atoms with Gasteiger partial charge in [-0.2, -0.15) is 0 Å². The number of nitrogens with one attached hydrogen (secondary N) is 1. The Morgan fingerprint density at radius 1 is 1.53 bits per heavy atom. The number of ether oxygens (including phenoxy) is 1. The van der Waals surface area contributed by atoms with Gasteiger partial charge in [-0.25, -0.2) is 4.39 Å². The first-order chi connectivity index (χ1) is 8.18. The van der Waals surface area contributed by atoms with E-state index in [9.17, 15) is 14.5 Å². The van der Waals surface area contributed by atoms with Crippen LogP contribution in [0.1, 0.15) is 12.8 Å². The van der Waals surface area contributed by atoms with Crippen LogP contribution in [0.2, 0.25) is 0 Å². The van der Waals surface area contributed by atoms with E-state index in [4.69, 9.17) is 4.74 Å². The second kappa shape index (κ2) is 5.09. The van der Waals surface area contributed by atoms with E-state index < -0.39 is 10.7 Å². The molecule has 1 aromatic carbocycles. The number of nitro groups is 1. The topological polar surface area (TPSA) is 64.4 Å². The zero-order chi connectivity index (χ0) is 12.3. The molecule has 2 rings (SSSR count). The summed E-state index contributed by atoms with van der Waals surface area (Å²) >= 11 is 0. The highest BCUT2D eigenvalue weighted by molar-refractivity contribution is 5.62. The number of benzene rings is 1. The molecule has 1 unspecified atom stereocenters. The zero-order valence-electron chi connectivity index (χ0n) is 9.19. The minimum Gasteiger partial charge on any atom is -0.379 e. The van der Waals surface area contributed by atoms with E-state index in [1.54, 1.807) is 0 Å². The highest BCUT2D eigenvalue weighted by Gasteiger charge is 2.22. The highest BCUT2D eigenvalue weighted by atomic mass is 19.1. The van der Waals surface area contributed by atoms with E-state index in [1.807, 2.05) is 0 Å². The standard InChI is InChI=1S/C11H13FN2O3/c12-9-4-1-5-10(14(15)16)11(9)13-8-3-2-6-17-7-8/h1,4-5,8,13H,2-3,6-7H2. The first-order valence-corrected chi connectivity index (χ1v) is 5.45. The van der Waals surface area contributed by atoms with Crippen molar-refractivity contribution in [2.24, 2.45) is 0 Å². The van der Waals surface area contributed by atoms with Crippen LogP contribution in [0.4, 0.5) is 15.8 Å². The van der Waals surface area contributed by atoms with Gasteiger partial charge in [-0.05, 0) is 18.9 Å². The number of anilines is 1. The molecule has 0 radical (unpaired) electrons. The van der Waals surface area contributed by atoms with Crippen LogP contribution in [0.3, 0.4) is 0 Å². The van der Waals surface area contributed by atoms with Crippen molar-refractivity contribution in [2.75, 3.05) is 18.5 Å². The summed E-state index contributed by atoms with van der Waals surface area (Å²) in [7, 11) is 0. The average molecular weight is 240 g/mol. The molecule has 1 saturated heterocycles. The van der Waals surface area contributed by atoms with Gasteiger partial charge in [-0.15, -0.1) is 0 Å². The summed E-state index contributed by atoms with van der Waals surface area (Å²) in [6.07, 6.45) is 1.70. The number of para-hydroxylation sites is 1. The third-order valence-electron chi connectivity index (χ3n) is 2.70. The number of nitrogens with zero attached hydrogens (tertiary/aromatic N) is 1. The molecule has 1 heterocycles. The molecular weight excluding hydrogens is 227 g/mol. The maximum atomic E-state index is 13.6. The van der Waals surface area contributed by atoms with Gasteiger partial charge in [-0.3, -0.25) is 10.1 Å². The molecule has 0 aliphatic carbocycles. The van der Waals surface area contributed by atoms with Crippen molar-refractivity contribution in [3.05, 3.63) is 34.1 Å². The number of hydrogen-bond acceptors (Lipinski definition) is 4. The van der Waals surface area contributed by atoms with Crippen molar-refractivity contribution in [2.45, 2.75) is 18.9 Å². The van der Waals surface area contributed by atoms with Gasteiger partial charge in [-0.1, -0.05) is 6.07 Å². The van der Waals surface area contributed by atoms with Crippen LogP contribution in [0.5, 0.6) is 0 Å². The van der Waals surface area contributed by atoms with Gasteiger partial charge in [0.15, 0.2) is 5.82 Å². The Morgan fingerprint density at radius 2 is 2.35 bits per heavy atom. The maximum absolute atomic E-state index is 13.6. The minimum absolute atomic E-state index is 0.0481. The minimum atomic E-state index is -0.607. The Kier molecular flexibility index (Phi) is 3.53. The largest absolute Gasteiger partial charge is 0.379 e. The zero-order valence-corrected chi connectivity index (χ0v) is 9.19. The second-order valence-electron chi connectivity index (χ2n) is 3.95. The lowest BCUT2D eigenvalue weighted by molar-refractivity contribution is -0.384. The molecular formula is C11H13FN2O3. The van der Waals surface area contributed by atoms with E-state index in [2.05, 4.69) is 5.32 Å². The second-order valence-corrected chi connectivity index (χ2v) is 3.95. The molecule has 1 fully saturated rings. The highest BCUT2D eigenvalue weighted by Crippen LogP contribution is 2.28. The van der Waals surface area contributed by atoms with Gasteiger partial charge in [0.2, 0.25) is 0 Å². The number of halogens is 1. The lowest BCUT2D eigenvalue weighted by Crippen LogP contribution is -2.30. The molecule has 0 aromatic heterocycles. The van der Waals surface area contributed by atoms with Crippen molar-refractivity contribution in [1.82, 2.24) is 0 Å². The van der Waals surface area contributed by atoms with Crippen LogP contribution in [-0.2, 0) is 4.74 Å². The van der Waals surface area contributed by atoms with Crippen LogP contribution in [0.25, 0.3) is 0 Å². The molecule has 1 N–H and O–H groups in total. The van der Waals surface area contributed by atoms with Gasteiger partial charge < -0.3 is 10.1 Å². The first-order valence-electron chi connectivity index (χ1n) is 5.45. The van der Waals surface area contributed by atoms with Crippen molar-refractivity contribution in [3.8, 4) is 0 Å². The number of nitro benzene ring substituents is 1. The Labute approximate surface area is 97.7 Å². The van der Waals surface area contributed by atoms with Crippen LogP contribution >= 0.6 is 0 Å². The molecule has 1 aromatic rings. The fourth-order valence-corrected chi connectivity index (χ4v) is 1.87. The van der Waals surface area contributed by atoms with Crippen LogP contribution in [-0.4, -0.2) is 24.2 Å². The number of hydrogen-bond donors (Lipinski definition) is 1. The molecule has 1 aliphatic rings. The van der Waals surface area contributed by atoms with Gasteiger partial charge in [0.05, 0.1) is 11.5 Å². The molecule has 0 saturated carbocycles. The van der Waals surface area contributed by atoms with E-state index >= 15 is 0 Å².